The van der Waals surface area contributed by atoms with Gasteiger partial charge in [-0.25, -0.2) is 9.18 Å². The average molecular weight is 272 g/mol. The zero-order chi connectivity index (χ0) is 14.2. The molecule has 1 aliphatic rings. The molecule has 2 rings (SSSR count). The van der Waals surface area contributed by atoms with Crippen LogP contribution in [-0.4, -0.2) is 39.1 Å². The molecule has 1 saturated heterocycles. The summed E-state index contributed by atoms with van der Waals surface area (Å²) in [7, 11) is 0. The summed E-state index contributed by atoms with van der Waals surface area (Å²) in [6.45, 7) is 1.69. The molecule has 1 aliphatic heterocycles. The molecule has 0 unspecified atom stereocenters. The molecule has 0 saturated carbocycles. The summed E-state index contributed by atoms with van der Waals surface area (Å²) in [5.74, 6) is 0.0378. The standard InChI is InChI=1S/C11H17FN4O3/c1-2-11(5-13)8(17)7(12)9(19-11)16-4-3-6(14)15-10(16)18/h3-4,7-9,17H,2,5,13H2,1H3,(H2,14,15,18)/t7-,8+,9-,11+/m1/s1. The average Bonchev–Trinajstić information content (AvgIpc) is 2.64. The summed E-state index contributed by atoms with van der Waals surface area (Å²) in [4.78, 5) is 15.2. The van der Waals surface area contributed by atoms with Gasteiger partial charge in [-0.1, -0.05) is 6.92 Å². The third-order valence-electron chi connectivity index (χ3n) is 3.54. The van der Waals surface area contributed by atoms with Gasteiger partial charge in [-0.3, -0.25) is 4.57 Å². The van der Waals surface area contributed by atoms with E-state index in [0.717, 1.165) is 4.57 Å². The highest BCUT2D eigenvalue weighted by Crippen LogP contribution is 2.39. The lowest BCUT2D eigenvalue weighted by atomic mass is 9.93. The maximum atomic E-state index is 14.2. The third kappa shape index (κ3) is 2.11. The van der Waals surface area contributed by atoms with E-state index in [9.17, 15) is 14.3 Å². The first-order valence-corrected chi connectivity index (χ1v) is 6.00. The van der Waals surface area contributed by atoms with Crippen LogP contribution in [0.25, 0.3) is 0 Å². The summed E-state index contributed by atoms with van der Waals surface area (Å²) in [6, 6.07) is 1.36. The van der Waals surface area contributed by atoms with Gasteiger partial charge in [-0.05, 0) is 12.5 Å². The first-order chi connectivity index (χ1) is 8.95. The van der Waals surface area contributed by atoms with Crippen LogP contribution in [0.4, 0.5) is 10.2 Å². The number of hydrogen-bond donors (Lipinski definition) is 3. The van der Waals surface area contributed by atoms with Crippen molar-refractivity contribution in [1.82, 2.24) is 9.55 Å². The molecule has 4 atom stereocenters. The van der Waals surface area contributed by atoms with Crippen molar-refractivity contribution in [2.75, 3.05) is 12.3 Å². The van der Waals surface area contributed by atoms with E-state index in [2.05, 4.69) is 4.98 Å². The number of aromatic nitrogens is 2. The minimum absolute atomic E-state index is 0.0378. The normalized spacial score (nSPS) is 34.6. The van der Waals surface area contributed by atoms with E-state index >= 15 is 0 Å². The quantitative estimate of drug-likeness (QED) is 0.660. The number of nitrogens with two attached hydrogens (primary N) is 2. The molecule has 7 nitrogen and oxygen atoms in total. The molecule has 5 N–H and O–H groups in total. The van der Waals surface area contributed by atoms with Gasteiger partial charge < -0.3 is 21.3 Å². The van der Waals surface area contributed by atoms with Crippen LogP contribution >= 0.6 is 0 Å². The fourth-order valence-corrected chi connectivity index (χ4v) is 2.26. The molecule has 0 bridgehead atoms. The number of hydrogen-bond acceptors (Lipinski definition) is 6. The Morgan fingerprint density at radius 1 is 1.68 bits per heavy atom. The lowest BCUT2D eigenvalue weighted by Gasteiger charge is -2.28. The largest absolute Gasteiger partial charge is 0.387 e. The summed E-state index contributed by atoms with van der Waals surface area (Å²) < 4.78 is 20.6. The zero-order valence-corrected chi connectivity index (χ0v) is 10.5. The van der Waals surface area contributed by atoms with Crippen LogP contribution in [0.3, 0.4) is 0 Å². The van der Waals surface area contributed by atoms with Gasteiger partial charge in [-0.2, -0.15) is 4.98 Å². The fraction of sp³-hybridized carbons (Fsp3) is 0.636. The minimum Gasteiger partial charge on any atom is -0.387 e. The van der Waals surface area contributed by atoms with E-state index in [1.807, 2.05) is 0 Å². The highest BCUT2D eigenvalue weighted by Gasteiger charge is 2.54. The number of anilines is 1. The Kier molecular flexibility index (Phi) is 3.57. The Morgan fingerprint density at radius 2 is 2.37 bits per heavy atom. The first kappa shape index (κ1) is 13.9. The van der Waals surface area contributed by atoms with Gasteiger partial charge in [-0.15, -0.1) is 0 Å². The number of aliphatic hydroxyl groups is 1. The fourth-order valence-electron chi connectivity index (χ4n) is 2.26. The maximum Gasteiger partial charge on any atom is 0.351 e. The van der Waals surface area contributed by atoms with Crippen LogP contribution in [0.1, 0.15) is 19.6 Å². The van der Waals surface area contributed by atoms with Gasteiger partial charge in [0.25, 0.3) is 0 Å². The summed E-state index contributed by atoms with van der Waals surface area (Å²) in [6.07, 6.45) is -2.78. The molecule has 19 heavy (non-hydrogen) atoms. The Morgan fingerprint density at radius 3 is 2.84 bits per heavy atom. The molecule has 1 fully saturated rings. The van der Waals surface area contributed by atoms with Crippen LogP contribution in [-0.2, 0) is 4.74 Å². The van der Waals surface area contributed by atoms with Crippen LogP contribution in [0.2, 0.25) is 0 Å². The first-order valence-electron chi connectivity index (χ1n) is 6.00. The second-order valence-electron chi connectivity index (χ2n) is 4.56. The van der Waals surface area contributed by atoms with Gasteiger partial charge in [0.15, 0.2) is 12.4 Å². The maximum absolute atomic E-state index is 14.2. The number of ether oxygens (including phenoxy) is 1. The Hall–Kier alpha value is -1.51. The molecule has 106 valence electrons. The number of nitrogens with zero attached hydrogens (tertiary/aromatic N) is 2. The van der Waals surface area contributed by atoms with Crippen LogP contribution in [0, 0.1) is 0 Å². The molecule has 0 spiro atoms. The molecule has 1 aromatic heterocycles. The van der Waals surface area contributed by atoms with Gasteiger partial charge in [0, 0.05) is 12.7 Å². The minimum atomic E-state index is -1.76. The van der Waals surface area contributed by atoms with Gasteiger partial charge in [0.1, 0.15) is 17.5 Å². The van der Waals surface area contributed by atoms with E-state index in [-0.39, 0.29) is 12.4 Å². The SMILES string of the molecule is CC[C@@]1(CN)O[C@@H](n2ccc(N)nc2=O)[C@H](F)[C@@H]1O. The molecule has 1 aromatic rings. The van der Waals surface area contributed by atoms with Crippen LogP contribution in [0.5, 0.6) is 0 Å². The second kappa shape index (κ2) is 4.87. The molecule has 8 heteroatoms. The van der Waals surface area contributed by atoms with Crippen LogP contribution in [0.15, 0.2) is 17.1 Å². The summed E-state index contributed by atoms with van der Waals surface area (Å²) in [5.41, 5.74) is 9.00. The van der Waals surface area contributed by atoms with E-state index in [4.69, 9.17) is 16.2 Å². The Balaban J connectivity index is 2.39. The molecule has 0 aliphatic carbocycles. The molecule has 0 amide bonds. The predicted molar refractivity (Wildman–Crippen MR) is 66.0 cm³/mol. The Bertz CT molecular complexity index is 517. The van der Waals surface area contributed by atoms with Crippen molar-refractivity contribution >= 4 is 5.82 Å². The van der Waals surface area contributed by atoms with Crippen molar-refractivity contribution in [3.8, 4) is 0 Å². The second-order valence-corrected chi connectivity index (χ2v) is 4.56. The molecule has 0 radical (unpaired) electrons. The zero-order valence-electron chi connectivity index (χ0n) is 10.5. The van der Waals surface area contributed by atoms with Gasteiger partial charge in [0.2, 0.25) is 0 Å². The molecular weight excluding hydrogens is 255 g/mol. The van der Waals surface area contributed by atoms with Crippen molar-refractivity contribution < 1.29 is 14.2 Å². The molecule has 2 heterocycles. The summed E-state index contributed by atoms with van der Waals surface area (Å²) >= 11 is 0. The summed E-state index contributed by atoms with van der Waals surface area (Å²) in [5, 5.41) is 9.94. The molecular formula is C11H17FN4O3. The topological polar surface area (TPSA) is 116 Å². The van der Waals surface area contributed by atoms with E-state index in [1.54, 1.807) is 6.92 Å². The van der Waals surface area contributed by atoms with Gasteiger partial charge in [0.05, 0.1) is 0 Å². The lowest BCUT2D eigenvalue weighted by molar-refractivity contribution is -0.1000. The number of aliphatic hydroxyl groups excluding tert-OH is 1. The van der Waals surface area contributed by atoms with Crippen molar-refractivity contribution in [1.29, 1.82) is 0 Å². The van der Waals surface area contributed by atoms with E-state index < -0.39 is 29.8 Å². The molecule has 0 aromatic carbocycles. The number of rotatable bonds is 3. The van der Waals surface area contributed by atoms with Gasteiger partial charge >= 0.3 is 5.69 Å². The highest BCUT2D eigenvalue weighted by atomic mass is 19.1. The van der Waals surface area contributed by atoms with Crippen molar-refractivity contribution in [2.45, 2.75) is 37.4 Å². The monoisotopic (exact) mass is 272 g/mol. The Labute approximate surface area is 109 Å². The van der Waals surface area contributed by atoms with Crippen molar-refractivity contribution in [3.05, 3.63) is 22.7 Å². The smallest absolute Gasteiger partial charge is 0.351 e. The lowest BCUT2D eigenvalue weighted by Crippen LogP contribution is -2.47. The number of nitrogen functional groups attached to an aromatic ring is 1. The van der Waals surface area contributed by atoms with Crippen molar-refractivity contribution in [2.24, 2.45) is 5.73 Å². The predicted octanol–water partition coefficient (Wildman–Crippen LogP) is -0.839. The third-order valence-corrected chi connectivity index (χ3v) is 3.54. The number of halogens is 1. The highest BCUT2D eigenvalue weighted by molar-refractivity contribution is 5.23. The van der Waals surface area contributed by atoms with E-state index in [0.29, 0.717) is 6.42 Å². The number of alkyl halides is 1. The van der Waals surface area contributed by atoms with Crippen molar-refractivity contribution in [3.63, 3.8) is 0 Å². The van der Waals surface area contributed by atoms with E-state index in [1.165, 1.54) is 12.3 Å². The van der Waals surface area contributed by atoms with Crippen LogP contribution < -0.4 is 17.2 Å².